The molecule has 2 amide bonds. The van der Waals surface area contributed by atoms with Crippen LogP contribution in [0.3, 0.4) is 0 Å². The van der Waals surface area contributed by atoms with Gasteiger partial charge in [0.2, 0.25) is 5.13 Å². The largest absolute Gasteiger partial charge is 0.394 e. The third-order valence-electron chi connectivity index (χ3n) is 2.65. The Labute approximate surface area is 111 Å². The summed E-state index contributed by atoms with van der Waals surface area (Å²) in [6, 6.07) is -0.653. The smallest absolute Gasteiger partial charge is 0.321 e. The molecule has 0 fully saturated rings. The number of anilines is 1. The standard InChI is InChI=1S/C11H20N4O2S/c1-4-8(5-2)9-14-15-11(18-9)13-10(17)12-7(3)6-16/h7-8,16H,4-6H2,1-3H3,(H2,12,13,15,17)/t7-/m0/s1. The average Bonchev–Trinajstić information content (AvgIpc) is 2.78. The fourth-order valence-electron chi connectivity index (χ4n) is 1.49. The molecule has 0 aliphatic carbocycles. The fourth-order valence-corrected chi connectivity index (χ4v) is 2.50. The lowest BCUT2D eigenvalue weighted by atomic mass is 10.1. The topological polar surface area (TPSA) is 87.1 Å². The third-order valence-corrected chi connectivity index (χ3v) is 3.65. The van der Waals surface area contributed by atoms with Gasteiger partial charge < -0.3 is 10.4 Å². The summed E-state index contributed by atoms with van der Waals surface area (Å²) in [4.78, 5) is 11.5. The van der Waals surface area contributed by atoms with Crippen LogP contribution in [0.25, 0.3) is 0 Å². The number of aliphatic hydroxyl groups is 1. The first-order valence-corrected chi connectivity index (χ1v) is 6.94. The molecule has 6 nitrogen and oxygen atoms in total. The Balaban J connectivity index is 2.56. The first-order chi connectivity index (χ1) is 8.60. The minimum absolute atomic E-state index is 0.0947. The maximum atomic E-state index is 11.5. The molecule has 1 rings (SSSR count). The van der Waals surface area contributed by atoms with E-state index in [1.165, 1.54) is 11.3 Å². The minimum Gasteiger partial charge on any atom is -0.394 e. The van der Waals surface area contributed by atoms with Crippen LogP contribution in [0.4, 0.5) is 9.93 Å². The zero-order chi connectivity index (χ0) is 13.5. The van der Waals surface area contributed by atoms with E-state index in [2.05, 4.69) is 34.7 Å². The second kappa shape index (κ2) is 7.27. The lowest BCUT2D eigenvalue weighted by molar-refractivity contribution is 0.229. The van der Waals surface area contributed by atoms with E-state index in [0.717, 1.165) is 17.8 Å². The predicted octanol–water partition coefficient (Wildman–Crippen LogP) is 1.94. The molecule has 0 spiro atoms. The van der Waals surface area contributed by atoms with E-state index < -0.39 is 0 Å². The average molecular weight is 272 g/mol. The van der Waals surface area contributed by atoms with E-state index in [9.17, 15) is 4.79 Å². The maximum Gasteiger partial charge on any atom is 0.321 e. The van der Waals surface area contributed by atoms with E-state index in [0.29, 0.717) is 11.0 Å². The van der Waals surface area contributed by atoms with Crippen LogP contribution in [0.2, 0.25) is 0 Å². The van der Waals surface area contributed by atoms with Gasteiger partial charge in [0.1, 0.15) is 5.01 Å². The van der Waals surface area contributed by atoms with Crippen LogP contribution < -0.4 is 10.6 Å². The van der Waals surface area contributed by atoms with E-state index >= 15 is 0 Å². The first-order valence-electron chi connectivity index (χ1n) is 6.12. The van der Waals surface area contributed by atoms with Crippen molar-refractivity contribution in [2.24, 2.45) is 0 Å². The second-order valence-corrected chi connectivity index (χ2v) is 5.15. The van der Waals surface area contributed by atoms with Gasteiger partial charge in [-0.1, -0.05) is 25.2 Å². The lowest BCUT2D eigenvalue weighted by Crippen LogP contribution is -2.38. The molecule has 0 saturated carbocycles. The Morgan fingerprint density at radius 1 is 1.39 bits per heavy atom. The monoisotopic (exact) mass is 272 g/mol. The van der Waals surface area contributed by atoms with Crippen LogP contribution in [0.15, 0.2) is 0 Å². The summed E-state index contributed by atoms with van der Waals surface area (Å²) in [5.41, 5.74) is 0. The van der Waals surface area contributed by atoms with Crippen molar-refractivity contribution in [3.63, 3.8) is 0 Å². The number of aromatic nitrogens is 2. The van der Waals surface area contributed by atoms with Gasteiger partial charge in [0.05, 0.1) is 12.6 Å². The van der Waals surface area contributed by atoms with Crippen LogP contribution in [-0.4, -0.2) is 34.0 Å². The molecule has 0 unspecified atom stereocenters. The molecular weight excluding hydrogens is 252 g/mol. The zero-order valence-corrected chi connectivity index (χ0v) is 11.8. The van der Waals surface area contributed by atoms with Crippen molar-refractivity contribution in [1.29, 1.82) is 0 Å². The molecule has 1 aromatic rings. The molecule has 0 bridgehead atoms. The minimum atomic E-state index is -0.371. The third kappa shape index (κ3) is 4.23. The Morgan fingerprint density at radius 2 is 2.06 bits per heavy atom. The van der Waals surface area contributed by atoms with Gasteiger partial charge in [-0.05, 0) is 19.8 Å². The van der Waals surface area contributed by atoms with Crippen molar-refractivity contribution in [3.8, 4) is 0 Å². The van der Waals surface area contributed by atoms with Crippen molar-refractivity contribution in [2.45, 2.75) is 45.6 Å². The molecule has 7 heteroatoms. The summed E-state index contributed by atoms with van der Waals surface area (Å²) >= 11 is 1.40. The number of aliphatic hydroxyl groups excluding tert-OH is 1. The van der Waals surface area contributed by atoms with Crippen LogP contribution in [0.1, 0.15) is 44.5 Å². The highest BCUT2D eigenvalue weighted by Crippen LogP contribution is 2.27. The zero-order valence-electron chi connectivity index (χ0n) is 10.9. The molecule has 0 aliphatic heterocycles. The highest BCUT2D eigenvalue weighted by atomic mass is 32.1. The summed E-state index contributed by atoms with van der Waals surface area (Å²) in [5.74, 6) is 0.400. The number of rotatable bonds is 6. The molecule has 1 atom stereocenters. The highest BCUT2D eigenvalue weighted by molar-refractivity contribution is 7.15. The van der Waals surface area contributed by atoms with Gasteiger partial charge in [0.25, 0.3) is 0 Å². The van der Waals surface area contributed by atoms with Crippen LogP contribution in [-0.2, 0) is 0 Å². The molecule has 0 saturated heterocycles. The molecule has 102 valence electrons. The summed E-state index contributed by atoms with van der Waals surface area (Å²) < 4.78 is 0. The lowest BCUT2D eigenvalue weighted by Gasteiger charge is -2.10. The number of hydrogen-bond donors (Lipinski definition) is 3. The van der Waals surface area contributed by atoms with E-state index in [1.54, 1.807) is 6.92 Å². The second-order valence-electron chi connectivity index (χ2n) is 4.14. The van der Waals surface area contributed by atoms with Gasteiger partial charge in [-0.15, -0.1) is 10.2 Å². The number of urea groups is 1. The Kier molecular flexibility index (Phi) is 6.00. The molecule has 0 radical (unpaired) electrons. The number of nitrogens with one attached hydrogen (secondary N) is 2. The Hall–Kier alpha value is -1.21. The number of carbonyl (C=O) groups excluding carboxylic acids is 1. The van der Waals surface area contributed by atoms with E-state index in [-0.39, 0.29) is 18.7 Å². The Morgan fingerprint density at radius 3 is 2.61 bits per heavy atom. The van der Waals surface area contributed by atoms with Gasteiger partial charge >= 0.3 is 6.03 Å². The van der Waals surface area contributed by atoms with Crippen molar-refractivity contribution >= 4 is 22.5 Å². The summed E-state index contributed by atoms with van der Waals surface area (Å²) in [5, 5.41) is 23.5. The Bertz CT molecular complexity index is 379. The van der Waals surface area contributed by atoms with E-state index in [4.69, 9.17) is 5.11 Å². The summed E-state index contributed by atoms with van der Waals surface area (Å²) in [7, 11) is 0. The summed E-state index contributed by atoms with van der Waals surface area (Å²) in [6.07, 6.45) is 2.03. The van der Waals surface area contributed by atoms with E-state index in [1.807, 2.05) is 0 Å². The van der Waals surface area contributed by atoms with Crippen molar-refractivity contribution in [3.05, 3.63) is 5.01 Å². The molecule has 1 aromatic heterocycles. The molecule has 0 aromatic carbocycles. The van der Waals surface area contributed by atoms with Gasteiger partial charge in [0.15, 0.2) is 0 Å². The van der Waals surface area contributed by atoms with Crippen molar-refractivity contribution in [1.82, 2.24) is 15.5 Å². The number of amides is 2. The maximum absolute atomic E-state index is 11.5. The van der Waals surface area contributed by atoms with Crippen LogP contribution in [0.5, 0.6) is 0 Å². The van der Waals surface area contributed by atoms with Crippen LogP contribution >= 0.6 is 11.3 Å². The van der Waals surface area contributed by atoms with Gasteiger partial charge in [-0.2, -0.15) is 0 Å². The van der Waals surface area contributed by atoms with Crippen molar-refractivity contribution < 1.29 is 9.90 Å². The van der Waals surface area contributed by atoms with Gasteiger partial charge in [0, 0.05) is 5.92 Å². The van der Waals surface area contributed by atoms with Crippen LogP contribution in [0, 0.1) is 0 Å². The quantitative estimate of drug-likeness (QED) is 0.738. The normalized spacial score (nSPS) is 12.5. The molecule has 1 heterocycles. The van der Waals surface area contributed by atoms with Crippen molar-refractivity contribution in [2.75, 3.05) is 11.9 Å². The molecule has 0 aliphatic rings. The number of carbonyl (C=O) groups is 1. The summed E-state index contributed by atoms with van der Waals surface area (Å²) in [6.45, 7) is 5.84. The fraction of sp³-hybridized carbons (Fsp3) is 0.727. The first kappa shape index (κ1) is 14.8. The molecule has 18 heavy (non-hydrogen) atoms. The van der Waals surface area contributed by atoms with Gasteiger partial charge in [-0.3, -0.25) is 5.32 Å². The molecular formula is C11H20N4O2S. The van der Waals surface area contributed by atoms with Gasteiger partial charge in [-0.25, -0.2) is 4.79 Å². The highest BCUT2D eigenvalue weighted by Gasteiger charge is 2.14. The SMILES string of the molecule is CCC(CC)c1nnc(NC(=O)N[C@@H](C)CO)s1. The number of hydrogen-bond acceptors (Lipinski definition) is 5. The molecule has 3 N–H and O–H groups in total. The number of nitrogens with zero attached hydrogens (tertiary/aromatic N) is 2. The predicted molar refractivity (Wildman–Crippen MR) is 71.9 cm³/mol.